The van der Waals surface area contributed by atoms with E-state index in [-0.39, 0.29) is 17.9 Å². The number of likely N-dealkylation sites (tertiary alicyclic amines) is 1. The highest BCUT2D eigenvalue weighted by atomic mass is 19.1. The fourth-order valence-corrected chi connectivity index (χ4v) is 3.43. The molecule has 1 aromatic rings. The van der Waals surface area contributed by atoms with Crippen molar-refractivity contribution in [3.05, 3.63) is 30.1 Å². The number of urea groups is 1. The average Bonchev–Trinajstić information content (AvgIpc) is 2.97. The third kappa shape index (κ3) is 4.91. The first-order chi connectivity index (χ1) is 11.2. The number of rotatable bonds is 4. The van der Waals surface area contributed by atoms with Gasteiger partial charge < -0.3 is 20.9 Å². The molecule has 0 aromatic heterocycles. The third-order valence-corrected chi connectivity index (χ3v) is 4.68. The van der Waals surface area contributed by atoms with Crippen LogP contribution in [0.15, 0.2) is 24.3 Å². The molecule has 126 valence electrons. The number of nitrogens with zero attached hydrogens (tertiary/aromatic N) is 1. The molecule has 0 bridgehead atoms. The molecule has 1 unspecified atom stereocenters. The van der Waals surface area contributed by atoms with E-state index in [4.69, 9.17) is 0 Å². The van der Waals surface area contributed by atoms with Crippen LogP contribution in [0.5, 0.6) is 0 Å². The van der Waals surface area contributed by atoms with E-state index in [1.54, 1.807) is 12.1 Å². The van der Waals surface area contributed by atoms with Crippen molar-refractivity contribution in [2.45, 2.75) is 25.3 Å². The highest BCUT2D eigenvalue weighted by molar-refractivity contribution is 5.89. The highest BCUT2D eigenvalue weighted by Gasteiger charge is 2.26. The minimum absolute atomic E-state index is 0.192. The Hall–Kier alpha value is -1.66. The third-order valence-electron chi connectivity index (χ3n) is 4.68. The van der Waals surface area contributed by atoms with Crippen molar-refractivity contribution >= 4 is 11.7 Å². The molecule has 1 aromatic carbocycles. The SMILES string of the molecule is O=C(Nc1ccc(F)cc1)NC1CCN(CC2CCNCC2)C1. The molecule has 6 heteroatoms. The van der Waals surface area contributed by atoms with Crippen LogP contribution < -0.4 is 16.0 Å². The van der Waals surface area contributed by atoms with Crippen molar-refractivity contribution in [2.75, 3.05) is 38.0 Å². The number of hydrogen-bond donors (Lipinski definition) is 3. The Balaban J connectivity index is 1.40. The highest BCUT2D eigenvalue weighted by Crippen LogP contribution is 2.17. The standard InChI is InChI=1S/C17H25FN4O/c18-14-1-3-15(4-2-14)20-17(23)21-16-7-10-22(12-16)11-13-5-8-19-9-6-13/h1-4,13,16,19H,5-12H2,(H2,20,21,23). The number of carbonyl (C=O) groups excluding carboxylic acids is 1. The summed E-state index contributed by atoms with van der Waals surface area (Å²) in [4.78, 5) is 14.5. The molecule has 0 radical (unpaired) electrons. The van der Waals surface area contributed by atoms with Crippen LogP contribution in [0.3, 0.4) is 0 Å². The van der Waals surface area contributed by atoms with Crippen LogP contribution in [0, 0.1) is 11.7 Å². The van der Waals surface area contributed by atoms with Crippen LogP contribution in [0.2, 0.25) is 0 Å². The van der Waals surface area contributed by atoms with Crippen LogP contribution in [-0.2, 0) is 0 Å². The molecule has 0 aliphatic carbocycles. The van der Waals surface area contributed by atoms with Gasteiger partial charge in [0.05, 0.1) is 0 Å². The Bertz CT molecular complexity index is 516. The van der Waals surface area contributed by atoms with E-state index in [1.165, 1.54) is 25.0 Å². The smallest absolute Gasteiger partial charge is 0.319 e. The number of halogens is 1. The topological polar surface area (TPSA) is 56.4 Å². The first-order valence-corrected chi connectivity index (χ1v) is 8.45. The summed E-state index contributed by atoms with van der Waals surface area (Å²) in [6.07, 6.45) is 3.49. The summed E-state index contributed by atoms with van der Waals surface area (Å²) in [5.41, 5.74) is 0.605. The van der Waals surface area contributed by atoms with Crippen molar-refractivity contribution in [3.63, 3.8) is 0 Å². The summed E-state index contributed by atoms with van der Waals surface area (Å²) in [6.45, 7) is 5.35. The zero-order valence-corrected chi connectivity index (χ0v) is 13.4. The molecule has 3 N–H and O–H groups in total. The molecular weight excluding hydrogens is 295 g/mol. The molecule has 2 saturated heterocycles. The van der Waals surface area contributed by atoms with E-state index < -0.39 is 0 Å². The second-order valence-electron chi connectivity index (χ2n) is 6.54. The number of benzene rings is 1. The van der Waals surface area contributed by atoms with Gasteiger partial charge >= 0.3 is 6.03 Å². The van der Waals surface area contributed by atoms with Crippen LogP contribution in [0.1, 0.15) is 19.3 Å². The molecule has 5 nitrogen and oxygen atoms in total. The van der Waals surface area contributed by atoms with E-state index in [0.717, 1.165) is 45.1 Å². The predicted molar refractivity (Wildman–Crippen MR) is 89.0 cm³/mol. The van der Waals surface area contributed by atoms with E-state index >= 15 is 0 Å². The lowest BCUT2D eigenvalue weighted by atomic mass is 9.98. The number of piperidine rings is 1. The zero-order valence-electron chi connectivity index (χ0n) is 13.4. The number of carbonyl (C=O) groups is 1. The van der Waals surface area contributed by atoms with Crippen molar-refractivity contribution < 1.29 is 9.18 Å². The Morgan fingerprint density at radius 1 is 1.22 bits per heavy atom. The van der Waals surface area contributed by atoms with Gasteiger partial charge in [-0.25, -0.2) is 9.18 Å². The van der Waals surface area contributed by atoms with Gasteiger partial charge in [0.15, 0.2) is 0 Å². The number of hydrogen-bond acceptors (Lipinski definition) is 3. The lowest BCUT2D eigenvalue weighted by molar-refractivity contribution is 0.232. The van der Waals surface area contributed by atoms with Crippen molar-refractivity contribution in [1.29, 1.82) is 0 Å². The quantitative estimate of drug-likeness (QED) is 0.795. The first kappa shape index (κ1) is 16.2. The van der Waals surface area contributed by atoms with Crippen LogP contribution >= 0.6 is 0 Å². The van der Waals surface area contributed by atoms with Gasteiger partial charge in [0, 0.05) is 31.4 Å². The summed E-state index contributed by atoms with van der Waals surface area (Å²) < 4.78 is 12.8. The van der Waals surface area contributed by atoms with Gasteiger partial charge in [-0.15, -0.1) is 0 Å². The summed E-state index contributed by atoms with van der Waals surface area (Å²) >= 11 is 0. The molecule has 23 heavy (non-hydrogen) atoms. The van der Waals surface area contributed by atoms with Crippen molar-refractivity contribution in [3.8, 4) is 0 Å². The molecular formula is C17H25FN4O. The molecule has 0 spiro atoms. The maximum atomic E-state index is 12.8. The average molecular weight is 320 g/mol. The minimum atomic E-state index is -0.305. The lowest BCUT2D eigenvalue weighted by Gasteiger charge is -2.27. The van der Waals surface area contributed by atoms with Crippen LogP contribution in [-0.4, -0.2) is 49.7 Å². The molecule has 2 amide bonds. The van der Waals surface area contributed by atoms with Gasteiger partial charge in [0.1, 0.15) is 5.82 Å². The molecule has 2 heterocycles. The van der Waals surface area contributed by atoms with Crippen LogP contribution in [0.4, 0.5) is 14.9 Å². The van der Waals surface area contributed by atoms with E-state index in [9.17, 15) is 9.18 Å². The fraction of sp³-hybridized carbons (Fsp3) is 0.588. The van der Waals surface area contributed by atoms with Crippen LogP contribution in [0.25, 0.3) is 0 Å². The number of amides is 2. The zero-order chi connectivity index (χ0) is 16.1. The normalized spacial score (nSPS) is 22.9. The van der Waals surface area contributed by atoms with Gasteiger partial charge in [0.2, 0.25) is 0 Å². The summed E-state index contributed by atoms with van der Waals surface area (Å²) in [5, 5.41) is 9.15. The van der Waals surface area contributed by atoms with Crippen molar-refractivity contribution in [1.82, 2.24) is 15.5 Å². The Labute approximate surface area is 136 Å². The van der Waals surface area contributed by atoms with Gasteiger partial charge in [-0.05, 0) is 62.5 Å². The molecule has 1 atom stereocenters. The lowest BCUT2D eigenvalue weighted by Crippen LogP contribution is -2.41. The van der Waals surface area contributed by atoms with Gasteiger partial charge in [-0.2, -0.15) is 0 Å². The fourth-order valence-electron chi connectivity index (χ4n) is 3.43. The summed E-state index contributed by atoms with van der Waals surface area (Å²) in [5.74, 6) is 0.475. The molecule has 2 aliphatic rings. The number of nitrogens with one attached hydrogen (secondary N) is 3. The van der Waals surface area contributed by atoms with E-state index in [2.05, 4.69) is 20.9 Å². The van der Waals surface area contributed by atoms with Gasteiger partial charge in [0.25, 0.3) is 0 Å². The molecule has 3 rings (SSSR count). The Morgan fingerprint density at radius 2 is 1.96 bits per heavy atom. The number of anilines is 1. The largest absolute Gasteiger partial charge is 0.334 e. The Kier molecular flexibility index (Phi) is 5.46. The van der Waals surface area contributed by atoms with E-state index in [1.807, 2.05) is 0 Å². The monoisotopic (exact) mass is 320 g/mol. The molecule has 2 aliphatic heterocycles. The molecule has 2 fully saturated rings. The van der Waals surface area contributed by atoms with Crippen molar-refractivity contribution in [2.24, 2.45) is 5.92 Å². The van der Waals surface area contributed by atoms with E-state index in [0.29, 0.717) is 5.69 Å². The minimum Gasteiger partial charge on any atom is -0.334 e. The summed E-state index contributed by atoms with van der Waals surface area (Å²) in [7, 11) is 0. The van der Waals surface area contributed by atoms with Gasteiger partial charge in [-0.1, -0.05) is 0 Å². The summed E-state index contributed by atoms with van der Waals surface area (Å²) in [6, 6.07) is 5.78. The maximum absolute atomic E-state index is 12.8. The predicted octanol–water partition coefficient (Wildman–Crippen LogP) is 2.02. The maximum Gasteiger partial charge on any atom is 0.319 e. The second-order valence-corrected chi connectivity index (χ2v) is 6.54. The molecule has 0 saturated carbocycles. The Morgan fingerprint density at radius 3 is 2.70 bits per heavy atom. The van der Waals surface area contributed by atoms with Gasteiger partial charge in [-0.3, -0.25) is 0 Å². The second kappa shape index (κ2) is 7.75. The first-order valence-electron chi connectivity index (χ1n) is 8.45.